The standard InChI is InChI=1S/C20H28N4O3/c1-16(14-24-8-4-7-21-24)20(25)23-11-9-22(10-12-23)15-17-5-6-18(26-2)19(13-17)27-3/h4-8,13,16H,9-12,14-15H2,1-3H3. The Morgan fingerprint density at radius 3 is 2.52 bits per heavy atom. The molecule has 0 N–H and O–H groups in total. The number of benzene rings is 1. The first kappa shape index (κ1) is 19.2. The molecule has 7 nitrogen and oxygen atoms in total. The summed E-state index contributed by atoms with van der Waals surface area (Å²) in [4.78, 5) is 17.0. The van der Waals surface area contributed by atoms with Gasteiger partial charge in [-0.15, -0.1) is 0 Å². The maximum absolute atomic E-state index is 12.7. The van der Waals surface area contributed by atoms with Crippen molar-refractivity contribution in [2.75, 3.05) is 40.4 Å². The molecule has 1 fully saturated rings. The maximum atomic E-state index is 12.7. The molecule has 0 radical (unpaired) electrons. The van der Waals surface area contributed by atoms with Gasteiger partial charge in [0.2, 0.25) is 5.91 Å². The molecule has 27 heavy (non-hydrogen) atoms. The highest BCUT2D eigenvalue weighted by Crippen LogP contribution is 2.28. The van der Waals surface area contributed by atoms with Crippen molar-refractivity contribution in [1.29, 1.82) is 0 Å². The minimum atomic E-state index is -0.0673. The van der Waals surface area contributed by atoms with E-state index in [0.29, 0.717) is 6.54 Å². The fourth-order valence-corrected chi connectivity index (χ4v) is 3.44. The summed E-state index contributed by atoms with van der Waals surface area (Å²) in [6.45, 7) is 6.69. The molecular weight excluding hydrogens is 344 g/mol. The first-order chi connectivity index (χ1) is 13.1. The molecule has 2 aromatic rings. The Morgan fingerprint density at radius 2 is 1.89 bits per heavy atom. The van der Waals surface area contributed by atoms with Gasteiger partial charge in [0.05, 0.1) is 26.7 Å². The van der Waals surface area contributed by atoms with Gasteiger partial charge in [-0.25, -0.2) is 0 Å². The Hall–Kier alpha value is -2.54. The first-order valence-electron chi connectivity index (χ1n) is 9.30. The molecule has 7 heteroatoms. The van der Waals surface area contributed by atoms with E-state index < -0.39 is 0 Å². The van der Waals surface area contributed by atoms with E-state index in [-0.39, 0.29) is 11.8 Å². The molecule has 0 saturated carbocycles. The van der Waals surface area contributed by atoms with E-state index in [9.17, 15) is 4.79 Å². The lowest BCUT2D eigenvalue weighted by atomic mass is 10.1. The molecule has 1 atom stereocenters. The number of hydrogen-bond acceptors (Lipinski definition) is 5. The fraction of sp³-hybridized carbons (Fsp3) is 0.500. The van der Waals surface area contributed by atoms with Crippen LogP contribution in [0.2, 0.25) is 0 Å². The zero-order chi connectivity index (χ0) is 19.2. The average molecular weight is 372 g/mol. The van der Waals surface area contributed by atoms with Gasteiger partial charge in [-0.1, -0.05) is 13.0 Å². The van der Waals surface area contributed by atoms with E-state index in [1.807, 2.05) is 40.9 Å². The summed E-state index contributed by atoms with van der Waals surface area (Å²) in [5, 5.41) is 4.19. The van der Waals surface area contributed by atoms with Crippen molar-refractivity contribution in [3.05, 3.63) is 42.2 Å². The number of amides is 1. The first-order valence-corrected chi connectivity index (χ1v) is 9.30. The Kier molecular flexibility index (Phi) is 6.34. The second-order valence-electron chi connectivity index (χ2n) is 6.92. The van der Waals surface area contributed by atoms with Gasteiger partial charge in [-0.2, -0.15) is 5.10 Å². The number of carbonyl (C=O) groups excluding carboxylic acids is 1. The molecular formula is C20H28N4O3. The Morgan fingerprint density at radius 1 is 1.15 bits per heavy atom. The molecule has 0 aliphatic carbocycles. The predicted molar refractivity (Wildman–Crippen MR) is 103 cm³/mol. The van der Waals surface area contributed by atoms with Gasteiger partial charge in [0.15, 0.2) is 11.5 Å². The normalized spacial score (nSPS) is 16.2. The van der Waals surface area contributed by atoms with Crippen LogP contribution in [0.5, 0.6) is 11.5 Å². The molecule has 1 aliphatic rings. The van der Waals surface area contributed by atoms with Crippen molar-refractivity contribution in [1.82, 2.24) is 19.6 Å². The zero-order valence-electron chi connectivity index (χ0n) is 16.3. The number of aromatic nitrogens is 2. The van der Waals surface area contributed by atoms with Crippen LogP contribution in [0.1, 0.15) is 12.5 Å². The minimum Gasteiger partial charge on any atom is -0.493 e. The summed E-state index contributed by atoms with van der Waals surface area (Å²) in [5.74, 6) is 1.62. The summed E-state index contributed by atoms with van der Waals surface area (Å²) in [6, 6.07) is 7.89. The van der Waals surface area contributed by atoms with Crippen LogP contribution in [0.25, 0.3) is 0 Å². The van der Waals surface area contributed by atoms with Crippen molar-refractivity contribution in [2.24, 2.45) is 5.92 Å². The number of ether oxygens (including phenoxy) is 2. The van der Waals surface area contributed by atoms with Gasteiger partial charge in [-0.05, 0) is 23.8 Å². The summed E-state index contributed by atoms with van der Waals surface area (Å²) in [5.41, 5.74) is 1.18. The summed E-state index contributed by atoms with van der Waals surface area (Å²) in [7, 11) is 3.29. The van der Waals surface area contributed by atoms with Crippen molar-refractivity contribution in [2.45, 2.75) is 20.0 Å². The molecule has 1 amide bonds. The van der Waals surface area contributed by atoms with Crippen LogP contribution in [0, 0.1) is 5.92 Å². The van der Waals surface area contributed by atoms with Crippen LogP contribution in [-0.4, -0.2) is 65.9 Å². The molecule has 1 aromatic carbocycles. The Bertz CT molecular complexity index is 740. The molecule has 3 rings (SSSR count). The summed E-state index contributed by atoms with van der Waals surface area (Å²) < 4.78 is 12.5. The van der Waals surface area contributed by atoms with Crippen molar-refractivity contribution in [3.63, 3.8) is 0 Å². The van der Waals surface area contributed by atoms with Gasteiger partial charge < -0.3 is 14.4 Å². The molecule has 1 aromatic heterocycles. The van der Waals surface area contributed by atoms with Gasteiger partial charge >= 0.3 is 0 Å². The van der Waals surface area contributed by atoms with Gasteiger partial charge in [0, 0.05) is 45.1 Å². The van der Waals surface area contributed by atoms with E-state index in [2.05, 4.69) is 16.1 Å². The average Bonchev–Trinajstić information content (AvgIpc) is 3.21. The second kappa shape index (κ2) is 8.90. The van der Waals surface area contributed by atoms with Gasteiger partial charge in [0.1, 0.15) is 0 Å². The summed E-state index contributed by atoms with van der Waals surface area (Å²) >= 11 is 0. The molecule has 1 aliphatic heterocycles. The zero-order valence-corrected chi connectivity index (χ0v) is 16.3. The third-order valence-electron chi connectivity index (χ3n) is 4.98. The lowest BCUT2D eigenvalue weighted by molar-refractivity contribution is -0.137. The topological polar surface area (TPSA) is 59.8 Å². The third kappa shape index (κ3) is 4.80. The van der Waals surface area contributed by atoms with E-state index in [1.54, 1.807) is 20.4 Å². The van der Waals surface area contributed by atoms with Crippen LogP contribution in [0.4, 0.5) is 0 Å². The molecule has 0 bridgehead atoms. The second-order valence-corrected chi connectivity index (χ2v) is 6.92. The largest absolute Gasteiger partial charge is 0.493 e. The van der Waals surface area contributed by atoms with E-state index in [0.717, 1.165) is 44.2 Å². The molecule has 146 valence electrons. The van der Waals surface area contributed by atoms with E-state index in [4.69, 9.17) is 9.47 Å². The van der Waals surface area contributed by atoms with Gasteiger partial charge in [-0.3, -0.25) is 14.4 Å². The Labute approximate surface area is 160 Å². The third-order valence-corrected chi connectivity index (χ3v) is 4.98. The number of rotatable bonds is 7. The van der Waals surface area contributed by atoms with E-state index in [1.165, 1.54) is 5.56 Å². The molecule has 1 saturated heterocycles. The molecule has 0 spiro atoms. The smallest absolute Gasteiger partial charge is 0.227 e. The number of nitrogens with zero attached hydrogens (tertiary/aromatic N) is 4. The SMILES string of the molecule is COc1ccc(CN2CCN(C(=O)C(C)Cn3cccn3)CC2)cc1OC. The lowest BCUT2D eigenvalue weighted by Crippen LogP contribution is -2.50. The van der Waals surface area contributed by atoms with Crippen LogP contribution in [0.3, 0.4) is 0 Å². The predicted octanol–water partition coefficient (Wildman–Crippen LogP) is 1.88. The van der Waals surface area contributed by atoms with Gasteiger partial charge in [0.25, 0.3) is 0 Å². The van der Waals surface area contributed by atoms with Crippen LogP contribution in [-0.2, 0) is 17.9 Å². The quantitative estimate of drug-likeness (QED) is 0.743. The fourth-order valence-electron chi connectivity index (χ4n) is 3.44. The van der Waals surface area contributed by atoms with Crippen LogP contribution >= 0.6 is 0 Å². The van der Waals surface area contributed by atoms with E-state index >= 15 is 0 Å². The molecule has 1 unspecified atom stereocenters. The highest BCUT2D eigenvalue weighted by molar-refractivity contribution is 5.78. The van der Waals surface area contributed by atoms with Crippen LogP contribution in [0.15, 0.2) is 36.7 Å². The van der Waals surface area contributed by atoms with Crippen molar-refractivity contribution >= 4 is 5.91 Å². The number of hydrogen-bond donors (Lipinski definition) is 0. The minimum absolute atomic E-state index is 0.0673. The monoisotopic (exact) mass is 372 g/mol. The Balaban J connectivity index is 1.50. The molecule has 2 heterocycles. The highest BCUT2D eigenvalue weighted by atomic mass is 16.5. The number of carbonyl (C=O) groups is 1. The van der Waals surface area contributed by atoms with Crippen molar-refractivity contribution in [3.8, 4) is 11.5 Å². The maximum Gasteiger partial charge on any atom is 0.227 e. The van der Waals surface area contributed by atoms with Crippen LogP contribution < -0.4 is 9.47 Å². The number of piperazine rings is 1. The van der Waals surface area contributed by atoms with Crippen molar-refractivity contribution < 1.29 is 14.3 Å². The summed E-state index contributed by atoms with van der Waals surface area (Å²) in [6.07, 6.45) is 3.63. The number of methoxy groups -OCH3 is 2. The highest BCUT2D eigenvalue weighted by Gasteiger charge is 2.25. The lowest BCUT2D eigenvalue weighted by Gasteiger charge is -2.36.